The molecule has 0 spiro atoms. The topological polar surface area (TPSA) is 29.1 Å². The molecule has 1 N–H and O–H groups in total. The minimum absolute atomic E-state index is 0.570. The Morgan fingerprint density at radius 3 is 2.33 bits per heavy atom. The lowest BCUT2D eigenvalue weighted by molar-refractivity contribution is 0.476. The molecule has 0 radical (unpaired) electrons. The number of rotatable bonds is 10. The van der Waals surface area contributed by atoms with Gasteiger partial charge in [0, 0.05) is 28.3 Å². The summed E-state index contributed by atoms with van der Waals surface area (Å²) in [5.74, 6) is 1.79. The summed E-state index contributed by atoms with van der Waals surface area (Å²) in [7, 11) is -0.570. The highest BCUT2D eigenvalue weighted by atomic mass is 32.2. The van der Waals surface area contributed by atoms with E-state index in [9.17, 15) is 4.21 Å². The van der Waals surface area contributed by atoms with Gasteiger partial charge >= 0.3 is 0 Å². The van der Waals surface area contributed by atoms with Crippen LogP contribution in [0.25, 0.3) is 0 Å². The molecule has 0 aromatic rings. The molecule has 92 valence electrons. The molecule has 0 aromatic heterocycles. The SMILES string of the molecule is CCCCS(=O)CCCC(CC)NCC. The third-order valence-corrected chi connectivity index (χ3v) is 4.12. The molecule has 0 saturated heterocycles. The van der Waals surface area contributed by atoms with Gasteiger partial charge in [0.2, 0.25) is 0 Å². The fraction of sp³-hybridized carbons (Fsp3) is 1.00. The van der Waals surface area contributed by atoms with Crippen molar-refractivity contribution in [2.24, 2.45) is 0 Å². The Morgan fingerprint density at radius 1 is 1.13 bits per heavy atom. The standard InChI is InChI=1S/C12H27NOS/c1-4-7-10-15(14)11-8-9-12(5-2)13-6-3/h12-13H,4-11H2,1-3H3. The van der Waals surface area contributed by atoms with E-state index in [0.717, 1.165) is 37.3 Å². The second-order valence-electron chi connectivity index (χ2n) is 4.01. The highest BCUT2D eigenvalue weighted by molar-refractivity contribution is 7.84. The summed E-state index contributed by atoms with van der Waals surface area (Å²) in [4.78, 5) is 0. The Kier molecular flexibility index (Phi) is 10.7. The van der Waals surface area contributed by atoms with Crippen molar-refractivity contribution >= 4 is 10.8 Å². The van der Waals surface area contributed by atoms with Crippen molar-refractivity contribution < 1.29 is 4.21 Å². The summed E-state index contributed by atoms with van der Waals surface area (Å²) in [6, 6.07) is 0.623. The van der Waals surface area contributed by atoms with Crippen molar-refractivity contribution in [1.29, 1.82) is 0 Å². The minimum Gasteiger partial charge on any atom is -0.314 e. The zero-order valence-corrected chi connectivity index (χ0v) is 11.4. The molecule has 0 aromatic carbocycles. The van der Waals surface area contributed by atoms with E-state index in [1.807, 2.05) is 0 Å². The zero-order valence-electron chi connectivity index (χ0n) is 10.6. The molecular weight excluding hydrogens is 206 g/mol. The summed E-state index contributed by atoms with van der Waals surface area (Å²) in [5.41, 5.74) is 0. The van der Waals surface area contributed by atoms with Gasteiger partial charge in [0.25, 0.3) is 0 Å². The van der Waals surface area contributed by atoms with Crippen LogP contribution < -0.4 is 5.32 Å². The number of hydrogen-bond donors (Lipinski definition) is 1. The third-order valence-electron chi connectivity index (χ3n) is 2.64. The molecule has 0 aliphatic rings. The molecule has 0 aliphatic heterocycles. The minimum atomic E-state index is -0.570. The van der Waals surface area contributed by atoms with E-state index >= 15 is 0 Å². The van der Waals surface area contributed by atoms with Gasteiger partial charge in [-0.2, -0.15) is 0 Å². The average Bonchev–Trinajstić information content (AvgIpc) is 2.25. The highest BCUT2D eigenvalue weighted by Crippen LogP contribution is 2.03. The monoisotopic (exact) mass is 233 g/mol. The molecule has 15 heavy (non-hydrogen) atoms. The number of hydrogen-bond acceptors (Lipinski definition) is 2. The molecule has 0 fully saturated rings. The molecule has 0 heterocycles. The van der Waals surface area contributed by atoms with E-state index < -0.39 is 10.8 Å². The summed E-state index contributed by atoms with van der Waals surface area (Å²) in [6.07, 6.45) is 5.71. The molecular formula is C12H27NOS. The van der Waals surface area contributed by atoms with Gasteiger partial charge < -0.3 is 5.32 Å². The van der Waals surface area contributed by atoms with Crippen molar-refractivity contribution in [2.75, 3.05) is 18.1 Å². The first-order valence-corrected chi connectivity index (χ1v) is 7.81. The molecule has 2 nitrogen and oxygen atoms in total. The van der Waals surface area contributed by atoms with Crippen LogP contribution in [0, 0.1) is 0 Å². The van der Waals surface area contributed by atoms with Crippen LogP contribution in [0.1, 0.15) is 52.9 Å². The van der Waals surface area contributed by atoms with Gasteiger partial charge in [0.1, 0.15) is 0 Å². The van der Waals surface area contributed by atoms with Crippen LogP contribution in [0.2, 0.25) is 0 Å². The van der Waals surface area contributed by atoms with Crippen LogP contribution in [0.4, 0.5) is 0 Å². The van der Waals surface area contributed by atoms with E-state index in [1.165, 1.54) is 12.8 Å². The summed E-state index contributed by atoms with van der Waals surface area (Å²) in [5, 5.41) is 3.45. The van der Waals surface area contributed by atoms with E-state index in [4.69, 9.17) is 0 Å². The fourth-order valence-electron chi connectivity index (χ4n) is 1.64. The van der Waals surface area contributed by atoms with Gasteiger partial charge in [0.15, 0.2) is 0 Å². The third kappa shape index (κ3) is 9.06. The Bertz CT molecular complexity index is 162. The number of unbranched alkanes of at least 4 members (excludes halogenated alkanes) is 1. The summed E-state index contributed by atoms with van der Waals surface area (Å²) < 4.78 is 11.5. The number of nitrogens with one attached hydrogen (secondary N) is 1. The van der Waals surface area contributed by atoms with Gasteiger partial charge in [-0.15, -0.1) is 0 Å². The molecule has 2 atom stereocenters. The summed E-state index contributed by atoms with van der Waals surface area (Å²) in [6.45, 7) is 7.54. The molecule has 0 bridgehead atoms. The Hall–Kier alpha value is 0.110. The van der Waals surface area contributed by atoms with Gasteiger partial charge in [-0.1, -0.05) is 27.2 Å². The first-order chi connectivity index (χ1) is 7.24. The molecule has 0 rings (SSSR count). The van der Waals surface area contributed by atoms with E-state index in [0.29, 0.717) is 6.04 Å². The molecule has 3 heteroatoms. The fourth-order valence-corrected chi connectivity index (χ4v) is 2.94. The van der Waals surface area contributed by atoms with Crippen LogP contribution in [0.3, 0.4) is 0 Å². The van der Waals surface area contributed by atoms with Gasteiger partial charge in [-0.25, -0.2) is 0 Å². The largest absolute Gasteiger partial charge is 0.314 e. The Balaban J connectivity index is 3.45. The second kappa shape index (κ2) is 10.6. The van der Waals surface area contributed by atoms with Gasteiger partial charge in [-0.05, 0) is 32.2 Å². The van der Waals surface area contributed by atoms with Crippen LogP contribution in [0.5, 0.6) is 0 Å². The normalized spacial score (nSPS) is 15.1. The highest BCUT2D eigenvalue weighted by Gasteiger charge is 2.05. The lowest BCUT2D eigenvalue weighted by Gasteiger charge is -2.15. The van der Waals surface area contributed by atoms with Gasteiger partial charge in [0.05, 0.1) is 0 Å². The van der Waals surface area contributed by atoms with Crippen molar-refractivity contribution in [1.82, 2.24) is 5.32 Å². The molecule has 0 aliphatic carbocycles. The van der Waals surface area contributed by atoms with E-state index in [-0.39, 0.29) is 0 Å². The van der Waals surface area contributed by atoms with Crippen molar-refractivity contribution in [2.45, 2.75) is 58.9 Å². The van der Waals surface area contributed by atoms with Gasteiger partial charge in [-0.3, -0.25) is 4.21 Å². The van der Waals surface area contributed by atoms with Crippen LogP contribution in [-0.4, -0.2) is 28.3 Å². The maximum Gasteiger partial charge on any atom is 0.0235 e. The van der Waals surface area contributed by atoms with Crippen molar-refractivity contribution in [3.05, 3.63) is 0 Å². The summed E-state index contributed by atoms with van der Waals surface area (Å²) >= 11 is 0. The van der Waals surface area contributed by atoms with Crippen molar-refractivity contribution in [3.63, 3.8) is 0 Å². The van der Waals surface area contributed by atoms with Crippen molar-refractivity contribution in [3.8, 4) is 0 Å². The Morgan fingerprint density at radius 2 is 1.80 bits per heavy atom. The quantitative estimate of drug-likeness (QED) is 0.628. The Labute approximate surface area is 97.7 Å². The van der Waals surface area contributed by atoms with Crippen LogP contribution >= 0.6 is 0 Å². The second-order valence-corrected chi connectivity index (χ2v) is 5.70. The molecule has 0 saturated carbocycles. The van der Waals surface area contributed by atoms with Crippen LogP contribution in [0.15, 0.2) is 0 Å². The average molecular weight is 233 g/mol. The first kappa shape index (κ1) is 15.1. The maximum absolute atomic E-state index is 11.5. The van der Waals surface area contributed by atoms with E-state index in [1.54, 1.807) is 0 Å². The maximum atomic E-state index is 11.5. The lowest BCUT2D eigenvalue weighted by Crippen LogP contribution is -2.28. The predicted molar refractivity (Wildman–Crippen MR) is 69.8 cm³/mol. The molecule has 0 amide bonds. The zero-order chi connectivity index (χ0) is 11.5. The molecule has 2 unspecified atom stereocenters. The first-order valence-electron chi connectivity index (χ1n) is 6.32. The lowest BCUT2D eigenvalue weighted by atomic mass is 10.1. The predicted octanol–water partition coefficient (Wildman–Crippen LogP) is 2.70. The smallest absolute Gasteiger partial charge is 0.0235 e. The van der Waals surface area contributed by atoms with E-state index in [2.05, 4.69) is 26.1 Å². The van der Waals surface area contributed by atoms with Crippen LogP contribution in [-0.2, 0) is 10.8 Å².